The molecular weight excluding hydrogens is 381 g/mol. The SMILES string of the molecule is Cc1cc(-c2cnn3c2C(=O)N(c2ccc(C(F)(F)F)cc2)CC3(C)C)ccn1. The molecule has 8 heteroatoms. The number of fused-ring (bicyclic) bond motifs is 1. The van der Waals surface area contributed by atoms with Crippen molar-refractivity contribution < 1.29 is 18.0 Å². The zero-order valence-corrected chi connectivity index (χ0v) is 16.2. The summed E-state index contributed by atoms with van der Waals surface area (Å²) < 4.78 is 40.4. The highest BCUT2D eigenvalue weighted by molar-refractivity contribution is 6.10. The summed E-state index contributed by atoms with van der Waals surface area (Å²) in [6, 6.07) is 8.33. The van der Waals surface area contributed by atoms with Crippen LogP contribution in [-0.2, 0) is 11.7 Å². The number of nitrogens with zero attached hydrogens (tertiary/aromatic N) is 4. The van der Waals surface area contributed by atoms with E-state index in [9.17, 15) is 18.0 Å². The fourth-order valence-corrected chi connectivity index (χ4v) is 3.63. The van der Waals surface area contributed by atoms with Gasteiger partial charge in [-0.3, -0.25) is 14.5 Å². The van der Waals surface area contributed by atoms with Crippen molar-refractivity contribution in [2.24, 2.45) is 0 Å². The van der Waals surface area contributed by atoms with Crippen LogP contribution in [-0.4, -0.2) is 27.2 Å². The van der Waals surface area contributed by atoms with Gasteiger partial charge in [-0.1, -0.05) is 0 Å². The van der Waals surface area contributed by atoms with Crippen LogP contribution in [0.4, 0.5) is 18.9 Å². The van der Waals surface area contributed by atoms with Gasteiger partial charge in [-0.2, -0.15) is 18.3 Å². The highest BCUT2D eigenvalue weighted by atomic mass is 19.4. The average molecular weight is 400 g/mol. The van der Waals surface area contributed by atoms with Crippen LogP contribution in [0.25, 0.3) is 11.1 Å². The van der Waals surface area contributed by atoms with E-state index in [1.165, 1.54) is 17.0 Å². The zero-order chi connectivity index (χ0) is 21.0. The maximum Gasteiger partial charge on any atom is 0.416 e. The number of carbonyl (C=O) groups is 1. The van der Waals surface area contributed by atoms with Crippen LogP contribution < -0.4 is 4.90 Å². The molecule has 0 spiro atoms. The van der Waals surface area contributed by atoms with Crippen molar-refractivity contribution in [2.45, 2.75) is 32.5 Å². The number of aromatic nitrogens is 3. The number of halogens is 3. The van der Waals surface area contributed by atoms with E-state index in [4.69, 9.17) is 0 Å². The van der Waals surface area contributed by atoms with Crippen molar-refractivity contribution in [3.05, 3.63) is 65.7 Å². The molecule has 3 aromatic rings. The maximum absolute atomic E-state index is 13.4. The molecule has 1 aliphatic heterocycles. The summed E-state index contributed by atoms with van der Waals surface area (Å²) in [6.07, 6.45) is -1.10. The Bertz CT molecular complexity index is 1080. The van der Waals surface area contributed by atoms with E-state index in [-0.39, 0.29) is 5.91 Å². The fourth-order valence-electron chi connectivity index (χ4n) is 3.63. The Balaban J connectivity index is 1.79. The lowest BCUT2D eigenvalue weighted by atomic mass is 9.97. The topological polar surface area (TPSA) is 51.0 Å². The molecule has 0 fully saturated rings. The monoisotopic (exact) mass is 400 g/mol. The van der Waals surface area contributed by atoms with E-state index in [1.807, 2.05) is 32.9 Å². The first-order valence-electron chi connectivity index (χ1n) is 9.08. The Morgan fingerprint density at radius 3 is 2.41 bits per heavy atom. The highest BCUT2D eigenvalue weighted by Crippen LogP contribution is 2.36. The lowest BCUT2D eigenvalue weighted by Gasteiger charge is -2.39. The summed E-state index contributed by atoms with van der Waals surface area (Å²) in [4.78, 5) is 19.0. The number of anilines is 1. The molecule has 0 N–H and O–H groups in total. The molecule has 0 saturated heterocycles. The molecule has 0 aliphatic carbocycles. The Hall–Kier alpha value is -3.16. The standard InChI is InChI=1S/C21H19F3N4O/c1-13-10-14(8-9-25-13)17-11-26-28-18(17)19(29)27(12-20(28,2)3)16-6-4-15(5-7-16)21(22,23)24/h4-11H,12H2,1-3H3. The van der Waals surface area contributed by atoms with Gasteiger partial charge in [0.2, 0.25) is 0 Å². The van der Waals surface area contributed by atoms with Gasteiger partial charge in [0.15, 0.2) is 0 Å². The molecule has 4 rings (SSSR count). The largest absolute Gasteiger partial charge is 0.416 e. The van der Waals surface area contributed by atoms with Crippen molar-refractivity contribution >= 4 is 11.6 Å². The number of amides is 1. The van der Waals surface area contributed by atoms with Gasteiger partial charge in [-0.15, -0.1) is 0 Å². The second kappa shape index (κ2) is 6.43. The minimum Gasteiger partial charge on any atom is -0.305 e. The molecule has 5 nitrogen and oxygen atoms in total. The van der Waals surface area contributed by atoms with E-state index < -0.39 is 17.3 Å². The van der Waals surface area contributed by atoms with Crippen molar-refractivity contribution in [3.63, 3.8) is 0 Å². The van der Waals surface area contributed by atoms with Crippen LogP contribution in [0.3, 0.4) is 0 Å². The van der Waals surface area contributed by atoms with E-state index in [1.54, 1.807) is 17.1 Å². The molecule has 0 atom stereocenters. The fraction of sp³-hybridized carbons (Fsp3) is 0.286. The molecule has 3 heterocycles. The van der Waals surface area contributed by atoms with Crippen molar-refractivity contribution in [3.8, 4) is 11.1 Å². The van der Waals surface area contributed by atoms with Crippen molar-refractivity contribution in [2.75, 3.05) is 11.4 Å². The average Bonchev–Trinajstić information content (AvgIpc) is 3.11. The van der Waals surface area contributed by atoms with Gasteiger partial charge in [0.25, 0.3) is 5.91 Å². The van der Waals surface area contributed by atoms with Gasteiger partial charge in [-0.05, 0) is 62.7 Å². The molecule has 2 aromatic heterocycles. The van der Waals surface area contributed by atoms with Gasteiger partial charge in [0.05, 0.1) is 23.8 Å². The first kappa shape index (κ1) is 19.2. The highest BCUT2D eigenvalue weighted by Gasteiger charge is 2.40. The van der Waals surface area contributed by atoms with Crippen molar-refractivity contribution in [1.29, 1.82) is 0 Å². The zero-order valence-electron chi connectivity index (χ0n) is 16.2. The Labute approximate surface area is 165 Å². The van der Waals surface area contributed by atoms with Crippen LogP contribution in [0.1, 0.15) is 35.6 Å². The summed E-state index contributed by atoms with van der Waals surface area (Å²) in [5.41, 5.74) is 1.84. The number of hydrogen-bond acceptors (Lipinski definition) is 3. The summed E-state index contributed by atoms with van der Waals surface area (Å²) in [6.45, 7) is 6.03. The summed E-state index contributed by atoms with van der Waals surface area (Å²) in [7, 11) is 0. The quantitative estimate of drug-likeness (QED) is 0.628. The molecule has 0 bridgehead atoms. The van der Waals surface area contributed by atoms with Crippen LogP contribution >= 0.6 is 0 Å². The minimum atomic E-state index is -4.42. The molecule has 1 aromatic carbocycles. The number of aryl methyl sites for hydroxylation is 1. The molecule has 1 aliphatic rings. The third-order valence-corrected chi connectivity index (χ3v) is 5.05. The third-order valence-electron chi connectivity index (χ3n) is 5.05. The molecule has 150 valence electrons. The van der Waals surface area contributed by atoms with Crippen molar-refractivity contribution in [1.82, 2.24) is 14.8 Å². The number of alkyl halides is 3. The van der Waals surface area contributed by atoms with E-state index in [2.05, 4.69) is 10.1 Å². The number of pyridine rings is 1. The Morgan fingerprint density at radius 1 is 1.10 bits per heavy atom. The summed E-state index contributed by atoms with van der Waals surface area (Å²) in [5, 5.41) is 4.44. The normalized spacial score (nSPS) is 16.1. The second-order valence-electron chi connectivity index (χ2n) is 7.75. The minimum absolute atomic E-state index is 0.292. The Morgan fingerprint density at radius 2 is 1.79 bits per heavy atom. The van der Waals surface area contributed by atoms with Crippen LogP contribution in [0.5, 0.6) is 0 Å². The van der Waals surface area contributed by atoms with Crippen LogP contribution in [0.2, 0.25) is 0 Å². The molecule has 0 saturated carbocycles. The van der Waals surface area contributed by atoms with Gasteiger partial charge in [0, 0.05) is 23.1 Å². The Kier molecular flexibility index (Phi) is 4.25. The molecule has 0 radical (unpaired) electrons. The molecular formula is C21H19F3N4O. The summed E-state index contributed by atoms with van der Waals surface area (Å²) in [5.74, 6) is -0.300. The molecule has 29 heavy (non-hydrogen) atoms. The van der Waals surface area contributed by atoms with E-state index >= 15 is 0 Å². The number of hydrogen-bond donors (Lipinski definition) is 0. The first-order chi connectivity index (χ1) is 13.6. The lowest BCUT2D eigenvalue weighted by molar-refractivity contribution is -0.137. The number of benzene rings is 1. The van der Waals surface area contributed by atoms with Gasteiger partial charge in [0.1, 0.15) is 5.69 Å². The van der Waals surface area contributed by atoms with Crippen LogP contribution in [0.15, 0.2) is 48.8 Å². The van der Waals surface area contributed by atoms with Crippen LogP contribution in [0, 0.1) is 6.92 Å². The van der Waals surface area contributed by atoms with Gasteiger partial charge < -0.3 is 4.90 Å². The number of rotatable bonds is 2. The second-order valence-corrected chi connectivity index (χ2v) is 7.75. The van der Waals surface area contributed by atoms with Gasteiger partial charge >= 0.3 is 6.18 Å². The predicted molar refractivity (Wildman–Crippen MR) is 103 cm³/mol. The molecule has 1 amide bonds. The van der Waals surface area contributed by atoms with Gasteiger partial charge in [-0.25, -0.2) is 0 Å². The van der Waals surface area contributed by atoms with E-state index in [0.717, 1.165) is 23.4 Å². The first-order valence-corrected chi connectivity index (χ1v) is 9.08. The smallest absolute Gasteiger partial charge is 0.305 e. The lowest BCUT2D eigenvalue weighted by Crippen LogP contribution is -2.51. The molecule has 0 unspecified atom stereocenters. The third kappa shape index (κ3) is 3.28. The maximum atomic E-state index is 13.4. The van der Waals surface area contributed by atoms with E-state index in [0.29, 0.717) is 23.5 Å². The summed E-state index contributed by atoms with van der Waals surface area (Å²) >= 11 is 0. The number of carbonyl (C=O) groups excluding carboxylic acids is 1. The predicted octanol–water partition coefficient (Wildman–Crippen LogP) is 4.67.